The van der Waals surface area contributed by atoms with Gasteiger partial charge in [-0.1, -0.05) is 42.1 Å². The third kappa shape index (κ3) is 5.77. The van der Waals surface area contributed by atoms with Crippen LogP contribution in [-0.2, 0) is 9.53 Å². The number of anilines is 2. The molecule has 1 aliphatic rings. The zero-order chi connectivity index (χ0) is 30.0. The summed E-state index contributed by atoms with van der Waals surface area (Å²) < 4.78 is 12.9. The van der Waals surface area contributed by atoms with E-state index in [0.717, 1.165) is 36.5 Å². The molecule has 0 atom stereocenters. The Morgan fingerprint density at radius 3 is 2.41 bits per heavy atom. The van der Waals surface area contributed by atoms with E-state index >= 15 is 0 Å². The predicted octanol–water partition coefficient (Wildman–Crippen LogP) is 6.65. The maximum Gasteiger partial charge on any atom is 0.256 e. The molecule has 0 bridgehead atoms. The Balaban J connectivity index is 0.994. The SMILES string of the molecule is O=C(CSc1nc2ccc(NC(=O)c3ccccc3C(=O)N3CCOCC3)cc2s1)Nc1ccc2c(c1)oc1ccccc12. The Hall–Kier alpha value is -4.71. The van der Waals surface area contributed by atoms with Gasteiger partial charge in [0.25, 0.3) is 11.8 Å². The standard InChI is InChI=1S/C33H26N4O5S2/c38-30(34-20-9-11-23-22-5-3-4-8-27(22)42-28(23)17-20)19-43-33-36-26-12-10-21(18-29(26)44-33)35-31(39)24-6-1-2-7-25(24)32(40)37-13-15-41-16-14-37/h1-12,17-18H,13-16,19H2,(H,34,38)(H,35,39). The Kier molecular flexibility index (Phi) is 7.73. The number of furan rings is 1. The number of thiazole rings is 1. The molecule has 7 rings (SSSR count). The number of hydrogen-bond acceptors (Lipinski definition) is 8. The number of rotatable bonds is 7. The second kappa shape index (κ2) is 12.1. The minimum atomic E-state index is -0.363. The van der Waals surface area contributed by atoms with E-state index in [9.17, 15) is 14.4 Å². The van der Waals surface area contributed by atoms with Gasteiger partial charge in [0.05, 0.1) is 40.3 Å². The number of benzene rings is 4. The van der Waals surface area contributed by atoms with E-state index in [1.165, 1.54) is 23.1 Å². The van der Waals surface area contributed by atoms with Crippen LogP contribution in [-0.4, -0.2) is 59.7 Å². The van der Waals surface area contributed by atoms with E-state index in [-0.39, 0.29) is 23.5 Å². The summed E-state index contributed by atoms with van der Waals surface area (Å²) in [4.78, 5) is 45.4. The Labute approximate surface area is 260 Å². The molecule has 2 aromatic heterocycles. The van der Waals surface area contributed by atoms with Crippen molar-refractivity contribution in [3.63, 3.8) is 0 Å². The first kappa shape index (κ1) is 28.1. The van der Waals surface area contributed by atoms with Gasteiger partial charge in [-0.2, -0.15) is 0 Å². The molecule has 0 radical (unpaired) electrons. The quantitative estimate of drug-likeness (QED) is 0.192. The first-order valence-electron chi connectivity index (χ1n) is 14.0. The summed E-state index contributed by atoms with van der Waals surface area (Å²) in [5, 5.41) is 7.90. The maximum atomic E-state index is 13.2. The summed E-state index contributed by atoms with van der Waals surface area (Å²) in [7, 11) is 0. The number of carbonyl (C=O) groups is 3. The van der Waals surface area contributed by atoms with Crippen molar-refractivity contribution in [1.82, 2.24) is 9.88 Å². The number of thioether (sulfide) groups is 1. The summed E-state index contributed by atoms with van der Waals surface area (Å²) in [5.41, 5.74) is 4.24. The van der Waals surface area contributed by atoms with Crippen molar-refractivity contribution in [3.8, 4) is 0 Å². The van der Waals surface area contributed by atoms with Gasteiger partial charge in [-0.25, -0.2) is 4.98 Å². The third-order valence-corrected chi connectivity index (χ3v) is 9.48. The molecule has 220 valence electrons. The maximum absolute atomic E-state index is 13.2. The molecular formula is C33H26N4O5S2. The van der Waals surface area contributed by atoms with Gasteiger partial charge < -0.3 is 24.7 Å². The molecule has 9 nitrogen and oxygen atoms in total. The van der Waals surface area contributed by atoms with Gasteiger partial charge in [0, 0.05) is 41.3 Å². The molecule has 3 amide bonds. The predicted molar refractivity (Wildman–Crippen MR) is 174 cm³/mol. The molecular weight excluding hydrogens is 597 g/mol. The lowest BCUT2D eigenvalue weighted by molar-refractivity contribution is -0.113. The molecule has 4 aromatic carbocycles. The Morgan fingerprint density at radius 2 is 1.55 bits per heavy atom. The van der Waals surface area contributed by atoms with Crippen LogP contribution < -0.4 is 10.6 Å². The van der Waals surface area contributed by atoms with Gasteiger partial charge >= 0.3 is 0 Å². The summed E-state index contributed by atoms with van der Waals surface area (Å²) in [6.07, 6.45) is 0. The van der Waals surface area contributed by atoms with E-state index < -0.39 is 0 Å². The first-order chi connectivity index (χ1) is 21.5. The normalized spacial score (nSPS) is 13.4. The number of ether oxygens (including phenoxy) is 1. The zero-order valence-corrected chi connectivity index (χ0v) is 25.0. The molecule has 1 aliphatic heterocycles. The van der Waals surface area contributed by atoms with Gasteiger partial charge in [-0.05, 0) is 48.5 Å². The van der Waals surface area contributed by atoms with Crippen LogP contribution in [0.5, 0.6) is 0 Å². The molecule has 0 saturated carbocycles. The monoisotopic (exact) mass is 622 g/mol. The fourth-order valence-electron chi connectivity index (χ4n) is 5.17. The highest BCUT2D eigenvalue weighted by atomic mass is 32.2. The van der Waals surface area contributed by atoms with Crippen LogP contribution in [0.4, 0.5) is 11.4 Å². The molecule has 3 heterocycles. The molecule has 0 aliphatic carbocycles. The number of amides is 3. The molecule has 6 aromatic rings. The van der Waals surface area contributed by atoms with Crippen molar-refractivity contribution in [2.24, 2.45) is 0 Å². The fourth-order valence-corrected chi connectivity index (χ4v) is 7.08. The topological polar surface area (TPSA) is 114 Å². The smallest absolute Gasteiger partial charge is 0.256 e. The van der Waals surface area contributed by atoms with Crippen molar-refractivity contribution >= 4 is 84.4 Å². The van der Waals surface area contributed by atoms with Crippen LogP contribution in [0.25, 0.3) is 32.2 Å². The average molecular weight is 623 g/mol. The number of nitrogens with zero attached hydrogens (tertiary/aromatic N) is 2. The van der Waals surface area contributed by atoms with Crippen LogP contribution in [0, 0.1) is 0 Å². The molecule has 2 N–H and O–H groups in total. The number of nitrogens with one attached hydrogen (secondary N) is 2. The van der Waals surface area contributed by atoms with Crippen LogP contribution in [0.1, 0.15) is 20.7 Å². The van der Waals surface area contributed by atoms with E-state index in [1.54, 1.807) is 35.2 Å². The zero-order valence-electron chi connectivity index (χ0n) is 23.4. The largest absolute Gasteiger partial charge is 0.456 e. The van der Waals surface area contributed by atoms with Crippen molar-refractivity contribution in [1.29, 1.82) is 0 Å². The Morgan fingerprint density at radius 1 is 0.818 bits per heavy atom. The average Bonchev–Trinajstić information content (AvgIpc) is 3.64. The lowest BCUT2D eigenvalue weighted by Crippen LogP contribution is -2.41. The molecule has 1 saturated heterocycles. The summed E-state index contributed by atoms with van der Waals surface area (Å²) in [5.74, 6) is -0.505. The van der Waals surface area contributed by atoms with Gasteiger partial charge in [0.15, 0.2) is 4.34 Å². The highest BCUT2D eigenvalue weighted by Gasteiger charge is 2.23. The van der Waals surface area contributed by atoms with E-state index in [0.29, 0.717) is 48.8 Å². The number of morpholine rings is 1. The van der Waals surface area contributed by atoms with Gasteiger partial charge in [-0.3, -0.25) is 14.4 Å². The first-order valence-corrected chi connectivity index (χ1v) is 15.8. The number of fused-ring (bicyclic) bond motifs is 4. The minimum Gasteiger partial charge on any atom is -0.456 e. The lowest BCUT2D eigenvalue weighted by Gasteiger charge is -2.27. The van der Waals surface area contributed by atoms with Crippen LogP contribution in [0.2, 0.25) is 0 Å². The molecule has 44 heavy (non-hydrogen) atoms. The van der Waals surface area contributed by atoms with Crippen molar-refractivity contribution in [2.45, 2.75) is 4.34 Å². The molecule has 0 unspecified atom stereocenters. The second-order valence-electron chi connectivity index (χ2n) is 10.2. The van der Waals surface area contributed by atoms with E-state index in [1.807, 2.05) is 54.6 Å². The van der Waals surface area contributed by atoms with E-state index in [4.69, 9.17) is 9.15 Å². The molecule has 1 fully saturated rings. The lowest BCUT2D eigenvalue weighted by atomic mass is 10.0. The van der Waals surface area contributed by atoms with Crippen LogP contribution in [0.3, 0.4) is 0 Å². The van der Waals surface area contributed by atoms with Gasteiger partial charge in [-0.15, -0.1) is 11.3 Å². The highest BCUT2D eigenvalue weighted by molar-refractivity contribution is 8.01. The summed E-state index contributed by atoms with van der Waals surface area (Å²) in [6, 6.07) is 25.8. The van der Waals surface area contributed by atoms with E-state index in [2.05, 4.69) is 15.6 Å². The van der Waals surface area contributed by atoms with Crippen molar-refractivity contribution in [2.75, 3.05) is 42.7 Å². The molecule has 0 spiro atoms. The molecule has 11 heteroatoms. The van der Waals surface area contributed by atoms with Gasteiger partial charge in [0.1, 0.15) is 11.2 Å². The number of para-hydroxylation sites is 1. The number of aromatic nitrogens is 1. The number of carbonyl (C=O) groups excluding carboxylic acids is 3. The minimum absolute atomic E-state index is 0.150. The Bertz CT molecular complexity index is 2050. The summed E-state index contributed by atoms with van der Waals surface area (Å²) in [6.45, 7) is 1.97. The van der Waals surface area contributed by atoms with Gasteiger partial charge in [0.2, 0.25) is 5.91 Å². The summed E-state index contributed by atoms with van der Waals surface area (Å²) >= 11 is 2.80. The van der Waals surface area contributed by atoms with Crippen molar-refractivity contribution < 1.29 is 23.5 Å². The fraction of sp³-hybridized carbons (Fsp3) is 0.152. The van der Waals surface area contributed by atoms with Crippen LogP contribution >= 0.6 is 23.1 Å². The van der Waals surface area contributed by atoms with Crippen LogP contribution in [0.15, 0.2) is 93.7 Å². The number of hydrogen-bond donors (Lipinski definition) is 2. The highest BCUT2D eigenvalue weighted by Crippen LogP contribution is 2.33. The van der Waals surface area contributed by atoms with Crippen molar-refractivity contribution in [3.05, 3.63) is 96.1 Å². The third-order valence-electron chi connectivity index (χ3n) is 7.32. The second-order valence-corrected chi connectivity index (χ2v) is 12.5.